The van der Waals surface area contributed by atoms with Gasteiger partial charge < -0.3 is 14.8 Å². The highest BCUT2D eigenvalue weighted by Crippen LogP contribution is 2.38. The van der Waals surface area contributed by atoms with Gasteiger partial charge in [-0.3, -0.25) is 0 Å². The van der Waals surface area contributed by atoms with Gasteiger partial charge in [0.05, 0.1) is 29.7 Å². The van der Waals surface area contributed by atoms with Crippen molar-refractivity contribution in [2.45, 2.75) is 39.8 Å². The summed E-state index contributed by atoms with van der Waals surface area (Å²) in [5.74, 6) is 0.966. The molecule has 3 heterocycles. The molecule has 0 saturated heterocycles. The number of carbonyl (C=O) groups excluding carboxylic acids is 1. The number of hydrogen-bond donors (Lipinski definition) is 1. The summed E-state index contributed by atoms with van der Waals surface area (Å²) in [5, 5.41) is 8.09. The molecule has 0 unspecified atom stereocenters. The molecule has 1 aliphatic heterocycles. The van der Waals surface area contributed by atoms with Gasteiger partial charge in [-0.05, 0) is 67.8 Å². The van der Waals surface area contributed by atoms with Crippen molar-refractivity contribution in [2.24, 2.45) is 0 Å². The van der Waals surface area contributed by atoms with Gasteiger partial charge in [0.15, 0.2) is 0 Å². The van der Waals surface area contributed by atoms with Crippen LogP contribution in [0.3, 0.4) is 0 Å². The zero-order valence-corrected chi connectivity index (χ0v) is 21.9. The maximum atomic E-state index is 14.0. The van der Waals surface area contributed by atoms with Crippen molar-refractivity contribution in [1.82, 2.24) is 19.2 Å². The lowest BCUT2D eigenvalue weighted by molar-refractivity contribution is 0.194. The predicted octanol–water partition coefficient (Wildman–Crippen LogP) is 6.98. The van der Waals surface area contributed by atoms with E-state index in [1.54, 1.807) is 0 Å². The third-order valence-electron chi connectivity index (χ3n) is 7.35. The highest BCUT2D eigenvalue weighted by molar-refractivity contribution is 5.90. The Morgan fingerprint density at radius 2 is 1.66 bits per heavy atom. The van der Waals surface area contributed by atoms with E-state index in [2.05, 4.69) is 84.5 Å². The van der Waals surface area contributed by atoms with Crippen LogP contribution in [0.25, 0.3) is 11.5 Å². The van der Waals surface area contributed by atoms with Crippen LogP contribution in [0.5, 0.6) is 0 Å². The smallest absolute Gasteiger partial charge is 0.308 e. The molecule has 0 fully saturated rings. The molecule has 5 aromatic rings. The molecule has 6 heteroatoms. The topological polar surface area (TPSA) is 55.1 Å². The van der Waals surface area contributed by atoms with Crippen LogP contribution in [0.4, 0.5) is 10.5 Å². The lowest BCUT2D eigenvalue weighted by Gasteiger charge is -2.31. The number of aryl methyl sites for hydroxylation is 3. The Morgan fingerprint density at radius 3 is 2.37 bits per heavy atom. The molecule has 1 atom stereocenters. The minimum absolute atomic E-state index is 0.146. The van der Waals surface area contributed by atoms with Crippen LogP contribution in [0.2, 0.25) is 0 Å². The van der Waals surface area contributed by atoms with Crippen LogP contribution in [0, 0.1) is 13.8 Å². The molecule has 2 aromatic heterocycles. The van der Waals surface area contributed by atoms with Crippen molar-refractivity contribution >= 4 is 11.7 Å². The summed E-state index contributed by atoms with van der Waals surface area (Å²) in [7, 11) is 0. The summed E-state index contributed by atoms with van der Waals surface area (Å²) < 4.78 is 4.18. The Bertz CT molecular complexity index is 1580. The van der Waals surface area contributed by atoms with E-state index in [1.165, 1.54) is 11.1 Å². The molecule has 6 rings (SSSR count). The number of nitrogens with one attached hydrogen (secondary N) is 1. The van der Waals surface area contributed by atoms with Crippen LogP contribution in [-0.2, 0) is 13.0 Å². The highest BCUT2D eigenvalue weighted by Gasteiger charge is 2.36. The Kier molecular flexibility index (Phi) is 6.08. The predicted molar refractivity (Wildman–Crippen MR) is 151 cm³/mol. The number of benzene rings is 3. The summed E-state index contributed by atoms with van der Waals surface area (Å²) in [6.45, 7) is 6.65. The molecule has 0 radical (unpaired) electrons. The Balaban J connectivity index is 1.50. The van der Waals surface area contributed by atoms with E-state index >= 15 is 0 Å². The summed E-state index contributed by atoms with van der Waals surface area (Å²) >= 11 is 0. The quantitative estimate of drug-likeness (QED) is 0.289. The fourth-order valence-corrected chi connectivity index (χ4v) is 5.27. The van der Waals surface area contributed by atoms with Gasteiger partial charge in [-0.25, -0.2) is 9.48 Å². The van der Waals surface area contributed by atoms with Gasteiger partial charge >= 0.3 is 6.03 Å². The van der Waals surface area contributed by atoms with Crippen molar-refractivity contribution in [3.63, 3.8) is 0 Å². The average molecular weight is 502 g/mol. The number of para-hydroxylation sites is 1. The maximum Gasteiger partial charge on any atom is 0.322 e. The number of amides is 2. The second kappa shape index (κ2) is 9.71. The van der Waals surface area contributed by atoms with Crippen LogP contribution in [0.1, 0.15) is 46.6 Å². The van der Waals surface area contributed by atoms with Crippen molar-refractivity contribution < 1.29 is 4.79 Å². The van der Waals surface area contributed by atoms with Crippen molar-refractivity contribution in [1.29, 1.82) is 0 Å². The van der Waals surface area contributed by atoms with Crippen LogP contribution >= 0.6 is 0 Å². The number of hydrogen-bond acceptors (Lipinski definition) is 2. The average Bonchev–Trinajstić information content (AvgIpc) is 3.50. The fourth-order valence-electron chi connectivity index (χ4n) is 5.27. The number of anilines is 1. The number of urea groups is 1. The zero-order valence-electron chi connectivity index (χ0n) is 21.9. The zero-order chi connectivity index (χ0) is 26.2. The van der Waals surface area contributed by atoms with Crippen LogP contribution in [0.15, 0.2) is 97.2 Å². The molecule has 3 aromatic carbocycles. The summed E-state index contributed by atoms with van der Waals surface area (Å²) in [5.41, 5.74) is 8.19. The highest BCUT2D eigenvalue weighted by atomic mass is 16.2. The Morgan fingerprint density at radius 1 is 0.921 bits per heavy atom. The van der Waals surface area contributed by atoms with E-state index in [9.17, 15) is 4.79 Å². The lowest BCUT2D eigenvalue weighted by atomic mass is 10.0. The Hall–Kier alpha value is -4.58. The first-order chi connectivity index (χ1) is 18.5. The van der Waals surface area contributed by atoms with Crippen LogP contribution in [-0.4, -0.2) is 25.3 Å². The van der Waals surface area contributed by atoms with E-state index in [1.807, 2.05) is 52.9 Å². The molecule has 0 spiro atoms. The van der Waals surface area contributed by atoms with Crippen LogP contribution < -0.4 is 5.32 Å². The molecule has 1 aliphatic rings. The molecular formula is C32H31N5O. The van der Waals surface area contributed by atoms with E-state index in [-0.39, 0.29) is 12.1 Å². The molecule has 0 saturated carbocycles. The maximum absolute atomic E-state index is 14.0. The molecule has 190 valence electrons. The van der Waals surface area contributed by atoms with Gasteiger partial charge in [0.25, 0.3) is 0 Å². The fraction of sp³-hybridized carbons (Fsp3) is 0.188. The molecule has 2 amide bonds. The van der Waals surface area contributed by atoms with Crippen molar-refractivity contribution in [3.05, 3.63) is 131 Å². The number of rotatable bonds is 4. The van der Waals surface area contributed by atoms with E-state index in [0.717, 1.165) is 46.1 Å². The lowest BCUT2D eigenvalue weighted by Crippen LogP contribution is -2.38. The van der Waals surface area contributed by atoms with Gasteiger partial charge in [-0.2, -0.15) is 5.10 Å². The summed E-state index contributed by atoms with van der Waals surface area (Å²) in [6.07, 6.45) is 3.03. The van der Waals surface area contributed by atoms with Crippen molar-refractivity contribution in [2.75, 3.05) is 5.32 Å². The second-order valence-corrected chi connectivity index (χ2v) is 9.86. The number of carbonyl (C=O) groups is 1. The molecule has 6 nitrogen and oxygen atoms in total. The minimum Gasteiger partial charge on any atom is -0.308 e. The van der Waals surface area contributed by atoms with Gasteiger partial charge in [0, 0.05) is 17.4 Å². The third-order valence-corrected chi connectivity index (χ3v) is 7.35. The van der Waals surface area contributed by atoms with Gasteiger partial charge in [0.1, 0.15) is 5.82 Å². The molecule has 0 aliphatic carbocycles. The number of fused-ring (bicyclic) bond motifs is 3. The van der Waals surface area contributed by atoms with E-state index < -0.39 is 0 Å². The summed E-state index contributed by atoms with van der Waals surface area (Å²) in [4.78, 5) is 16.0. The molecular weight excluding hydrogens is 470 g/mol. The molecule has 0 bridgehead atoms. The number of aromatic nitrogens is 3. The minimum atomic E-state index is -0.281. The van der Waals surface area contributed by atoms with Gasteiger partial charge in [-0.1, -0.05) is 67.1 Å². The monoisotopic (exact) mass is 501 g/mol. The second-order valence-electron chi connectivity index (χ2n) is 9.86. The summed E-state index contributed by atoms with van der Waals surface area (Å²) in [6, 6.07) is 30.4. The van der Waals surface area contributed by atoms with Gasteiger partial charge in [0.2, 0.25) is 0 Å². The Labute approximate surface area is 223 Å². The first-order valence-electron chi connectivity index (χ1n) is 13.1. The van der Waals surface area contributed by atoms with E-state index in [0.29, 0.717) is 6.54 Å². The standard InChI is InChI=1S/C32H31N5O/c1-4-24-14-18-26(19-15-24)33-32(38)36-21-28-23(3)34-37(27-9-6-5-7-10-27)31(28)35-20-8-11-29(35)30(36)25-16-12-22(2)13-17-25/h5-20,30H,4,21H2,1-3H3,(H,33,38)/t30-/m1/s1. The largest absolute Gasteiger partial charge is 0.322 e. The SMILES string of the molecule is CCc1ccc(NC(=O)N2Cc3c(C)nn(-c4ccccc4)c3-n3cccc3[C@H]2c2ccc(C)cc2)cc1. The number of nitrogens with zero attached hydrogens (tertiary/aromatic N) is 4. The van der Waals surface area contributed by atoms with E-state index in [4.69, 9.17) is 5.10 Å². The van der Waals surface area contributed by atoms with Crippen molar-refractivity contribution in [3.8, 4) is 11.5 Å². The molecule has 1 N–H and O–H groups in total. The first kappa shape index (κ1) is 23.8. The third kappa shape index (κ3) is 4.18. The normalized spacial score (nSPS) is 14.5. The van der Waals surface area contributed by atoms with Gasteiger partial charge in [-0.15, -0.1) is 0 Å². The first-order valence-corrected chi connectivity index (χ1v) is 13.1. The molecule has 38 heavy (non-hydrogen) atoms.